The van der Waals surface area contributed by atoms with Gasteiger partial charge in [0.05, 0.1) is 7.11 Å². The van der Waals surface area contributed by atoms with Gasteiger partial charge in [0, 0.05) is 37.3 Å². The van der Waals surface area contributed by atoms with E-state index in [1.54, 1.807) is 6.07 Å². The fraction of sp³-hybridized carbons (Fsp3) is 0.400. The maximum absolute atomic E-state index is 11.8. The minimum Gasteiger partial charge on any atom is -0.465 e. The number of piperazine rings is 1. The second-order valence-electron chi connectivity index (χ2n) is 4.96. The van der Waals surface area contributed by atoms with E-state index >= 15 is 0 Å². The van der Waals surface area contributed by atoms with Crippen molar-refractivity contribution in [2.24, 2.45) is 0 Å². The van der Waals surface area contributed by atoms with Crippen molar-refractivity contribution >= 4 is 22.6 Å². The van der Waals surface area contributed by atoms with Crippen LogP contribution in [0.3, 0.4) is 0 Å². The monoisotopic (exact) mass is 274 g/mol. The number of nitrogens with zero attached hydrogens (tertiary/aromatic N) is 1. The minimum absolute atomic E-state index is 0.365. The van der Waals surface area contributed by atoms with Crippen LogP contribution >= 0.6 is 0 Å². The van der Waals surface area contributed by atoms with E-state index in [9.17, 15) is 4.79 Å². The molecule has 0 spiro atoms. The van der Waals surface area contributed by atoms with Crippen molar-refractivity contribution in [3.63, 3.8) is 0 Å². The summed E-state index contributed by atoms with van der Waals surface area (Å²) >= 11 is 0. The van der Waals surface area contributed by atoms with E-state index in [1.165, 1.54) is 7.11 Å². The number of benzene rings is 1. The predicted octanol–water partition coefficient (Wildman–Crippen LogP) is 1.94. The number of hydrogen-bond donors (Lipinski definition) is 1. The van der Waals surface area contributed by atoms with Crippen LogP contribution in [0.4, 0.5) is 5.69 Å². The van der Waals surface area contributed by atoms with Crippen molar-refractivity contribution in [2.75, 3.05) is 38.2 Å². The molecule has 1 aliphatic heterocycles. The van der Waals surface area contributed by atoms with E-state index in [4.69, 9.17) is 9.15 Å². The zero-order valence-corrected chi connectivity index (χ0v) is 11.7. The van der Waals surface area contributed by atoms with Gasteiger partial charge in [-0.3, -0.25) is 0 Å². The molecule has 1 aliphatic rings. The number of aryl methyl sites for hydroxylation is 1. The van der Waals surface area contributed by atoms with Crippen LogP contribution in [0.25, 0.3) is 11.0 Å². The summed E-state index contributed by atoms with van der Waals surface area (Å²) in [6, 6.07) is 5.75. The molecule has 0 bridgehead atoms. The lowest BCUT2D eigenvalue weighted by Crippen LogP contribution is -2.43. The molecule has 1 N–H and O–H groups in total. The Morgan fingerprint density at radius 1 is 1.35 bits per heavy atom. The lowest BCUT2D eigenvalue weighted by molar-refractivity contribution is 0.0602. The quantitative estimate of drug-likeness (QED) is 0.848. The predicted molar refractivity (Wildman–Crippen MR) is 77.4 cm³/mol. The summed E-state index contributed by atoms with van der Waals surface area (Å²) in [5.74, 6) is 0.434. The summed E-state index contributed by atoms with van der Waals surface area (Å²) in [7, 11) is 1.38. The van der Waals surface area contributed by atoms with E-state index in [0.29, 0.717) is 11.1 Å². The highest BCUT2D eigenvalue weighted by Gasteiger charge is 2.20. The average Bonchev–Trinajstić information content (AvgIpc) is 2.87. The smallest absolute Gasteiger partial charge is 0.341 e. The number of anilines is 1. The zero-order valence-electron chi connectivity index (χ0n) is 11.7. The number of nitrogens with one attached hydrogen (secondary N) is 1. The standard InChI is InChI=1S/C15H18N2O3/c1-10-9-12-13(17-7-5-16-6-8-17)4-3-11(14(12)20-10)15(18)19-2/h3-4,9,16H,5-8H2,1-2H3. The number of esters is 1. The molecule has 1 saturated heterocycles. The average molecular weight is 274 g/mol. The second kappa shape index (κ2) is 5.17. The molecule has 106 valence electrons. The van der Waals surface area contributed by atoms with Crippen molar-refractivity contribution in [2.45, 2.75) is 6.92 Å². The Labute approximate surface area is 117 Å². The van der Waals surface area contributed by atoms with Gasteiger partial charge in [0.1, 0.15) is 11.3 Å². The molecule has 0 radical (unpaired) electrons. The van der Waals surface area contributed by atoms with Crippen LogP contribution in [0, 0.1) is 6.92 Å². The number of carbonyl (C=O) groups is 1. The van der Waals surface area contributed by atoms with Crippen LogP contribution in [0.1, 0.15) is 16.1 Å². The molecule has 0 unspecified atom stereocenters. The highest BCUT2D eigenvalue weighted by Crippen LogP contribution is 2.32. The molecule has 2 heterocycles. The zero-order chi connectivity index (χ0) is 14.1. The molecular formula is C15H18N2O3. The number of furan rings is 1. The molecule has 5 nitrogen and oxygen atoms in total. The number of ether oxygens (including phenoxy) is 1. The highest BCUT2D eigenvalue weighted by molar-refractivity contribution is 6.06. The van der Waals surface area contributed by atoms with Crippen LogP contribution in [0.15, 0.2) is 22.6 Å². The largest absolute Gasteiger partial charge is 0.465 e. The maximum atomic E-state index is 11.8. The Morgan fingerprint density at radius 2 is 2.10 bits per heavy atom. The first-order valence-electron chi connectivity index (χ1n) is 6.78. The van der Waals surface area contributed by atoms with E-state index in [2.05, 4.69) is 10.2 Å². The van der Waals surface area contributed by atoms with Crippen molar-refractivity contribution in [1.29, 1.82) is 0 Å². The SMILES string of the molecule is COC(=O)c1ccc(N2CCNCC2)c2cc(C)oc12. The Kier molecular flexibility index (Phi) is 3.36. The van der Waals surface area contributed by atoms with E-state index in [1.807, 2.05) is 19.1 Å². The van der Waals surface area contributed by atoms with E-state index < -0.39 is 0 Å². The summed E-state index contributed by atoms with van der Waals surface area (Å²) in [4.78, 5) is 14.1. The van der Waals surface area contributed by atoms with Gasteiger partial charge in [0.15, 0.2) is 5.58 Å². The molecule has 0 amide bonds. The van der Waals surface area contributed by atoms with Crippen LogP contribution in [-0.2, 0) is 4.74 Å². The Morgan fingerprint density at radius 3 is 2.80 bits per heavy atom. The van der Waals surface area contributed by atoms with Crippen molar-refractivity contribution in [1.82, 2.24) is 5.32 Å². The molecular weight excluding hydrogens is 256 g/mol. The second-order valence-corrected chi connectivity index (χ2v) is 4.96. The minimum atomic E-state index is -0.365. The number of fused-ring (bicyclic) bond motifs is 1. The van der Waals surface area contributed by atoms with Crippen molar-refractivity contribution < 1.29 is 13.9 Å². The summed E-state index contributed by atoms with van der Waals surface area (Å²) in [5.41, 5.74) is 2.21. The Bertz CT molecular complexity index is 642. The fourth-order valence-corrected chi connectivity index (χ4v) is 2.68. The number of hydrogen-bond acceptors (Lipinski definition) is 5. The van der Waals surface area contributed by atoms with Crippen LogP contribution in [0.5, 0.6) is 0 Å². The lowest BCUT2D eigenvalue weighted by Gasteiger charge is -2.30. The maximum Gasteiger partial charge on any atom is 0.341 e. The third-order valence-electron chi connectivity index (χ3n) is 3.65. The van der Waals surface area contributed by atoms with Gasteiger partial charge in [-0.1, -0.05) is 0 Å². The molecule has 1 aromatic heterocycles. The summed E-state index contributed by atoms with van der Waals surface area (Å²) in [5, 5.41) is 4.32. The summed E-state index contributed by atoms with van der Waals surface area (Å²) < 4.78 is 10.5. The molecule has 1 fully saturated rings. The Balaban J connectivity index is 2.12. The number of methoxy groups -OCH3 is 1. The van der Waals surface area contributed by atoms with E-state index in [0.717, 1.165) is 43.0 Å². The fourth-order valence-electron chi connectivity index (χ4n) is 2.68. The normalized spacial score (nSPS) is 15.6. The molecule has 2 aromatic rings. The molecule has 5 heteroatoms. The number of rotatable bonds is 2. The highest BCUT2D eigenvalue weighted by atomic mass is 16.5. The van der Waals surface area contributed by atoms with Gasteiger partial charge >= 0.3 is 5.97 Å². The van der Waals surface area contributed by atoms with E-state index in [-0.39, 0.29) is 5.97 Å². The van der Waals surface area contributed by atoms with Crippen LogP contribution in [-0.4, -0.2) is 39.3 Å². The third-order valence-corrected chi connectivity index (χ3v) is 3.65. The van der Waals surface area contributed by atoms with Gasteiger partial charge in [0.25, 0.3) is 0 Å². The molecule has 20 heavy (non-hydrogen) atoms. The van der Waals surface area contributed by atoms with Gasteiger partial charge in [-0.25, -0.2) is 4.79 Å². The van der Waals surface area contributed by atoms with Crippen LogP contribution in [0.2, 0.25) is 0 Å². The molecule has 0 saturated carbocycles. The topological polar surface area (TPSA) is 54.7 Å². The third kappa shape index (κ3) is 2.14. The van der Waals surface area contributed by atoms with Gasteiger partial charge in [0.2, 0.25) is 0 Å². The molecule has 0 aliphatic carbocycles. The first-order valence-corrected chi connectivity index (χ1v) is 6.78. The summed E-state index contributed by atoms with van der Waals surface area (Å²) in [6.07, 6.45) is 0. The lowest BCUT2D eigenvalue weighted by atomic mass is 10.1. The van der Waals surface area contributed by atoms with Gasteiger partial charge < -0.3 is 19.4 Å². The Hall–Kier alpha value is -2.01. The van der Waals surface area contributed by atoms with Gasteiger partial charge in [-0.15, -0.1) is 0 Å². The van der Waals surface area contributed by atoms with Crippen molar-refractivity contribution in [3.05, 3.63) is 29.5 Å². The van der Waals surface area contributed by atoms with Gasteiger partial charge in [-0.2, -0.15) is 0 Å². The number of carbonyl (C=O) groups excluding carboxylic acids is 1. The molecule has 1 aromatic carbocycles. The molecule has 0 atom stereocenters. The van der Waals surface area contributed by atoms with Crippen LogP contribution < -0.4 is 10.2 Å². The molecule has 3 rings (SSSR count). The van der Waals surface area contributed by atoms with Crippen molar-refractivity contribution in [3.8, 4) is 0 Å². The first-order chi connectivity index (χ1) is 9.70. The summed E-state index contributed by atoms with van der Waals surface area (Å²) in [6.45, 7) is 5.74. The van der Waals surface area contributed by atoms with Gasteiger partial charge in [-0.05, 0) is 25.1 Å². The first kappa shape index (κ1) is 13.0.